The Morgan fingerprint density at radius 3 is 2.65 bits per heavy atom. The molecule has 0 aliphatic rings. The molecule has 0 bridgehead atoms. The van der Waals surface area contributed by atoms with Gasteiger partial charge in [-0.1, -0.05) is 41.9 Å². The number of hydrogen-bond acceptors (Lipinski definition) is 2. The number of fused-ring (bicyclic) bond motifs is 1. The molecule has 1 heterocycles. The van der Waals surface area contributed by atoms with E-state index in [1.54, 1.807) is 12.1 Å². The molecule has 2 aromatic carbocycles. The smallest absolute Gasteiger partial charge is 0.254 e. The zero-order valence-corrected chi connectivity index (χ0v) is 13.1. The minimum atomic E-state index is -0.393. The van der Waals surface area contributed by atoms with E-state index in [0.29, 0.717) is 10.9 Å². The number of amides is 1. The van der Waals surface area contributed by atoms with Crippen molar-refractivity contribution in [2.45, 2.75) is 13.0 Å². The van der Waals surface area contributed by atoms with E-state index in [4.69, 9.17) is 11.6 Å². The predicted molar refractivity (Wildman–Crippen MR) is 89.0 cm³/mol. The van der Waals surface area contributed by atoms with Crippen LogP contribution in [0.25, 0.3) is 10.9 Å². The van der Waals surface area contributed by atoms with E-state index in [1.807, 2.05) is 37.3 Å². The Morgan fingerprint density at radius 2 is 1.91 bits per heavy atom. The van der Waals surface area contributed by atoms with Crippen LogP contribution in [-0.4, -0.2) is 10.9 Å². The lowest BCUT2D eigenvalue weighted by Gasteiger charge is -2.15. The molecular weight excluding hydrogens is 315 g/mol. The largest absolute Gasteiger partial charge is 0.345 e. The van der Waals surface area contributed by atoms with Gasteiger partial charge in [0.15, 0.2) is 0 Å². The fourth-order valence-electron chi connectivity index (χ4n) is 2.38. The highest BCUT2D eigenvalue weighted by Gasteiger charge is 2.16. The first-order valence-electron chi connectivity index (χ1n) is 7.16. The summed E-state index contributed by atoms with van der Waals surface area (Å²) in [7, 11) is 0. The Balaban J connectivity index is 1.89. The van der Waals surface area contributed by atoms with Crippen LogP contribution < -0.4 is 5.32 Å². The van der Waals surface area contributed by atoms with Crippen LogP contribution in [0.3, 0.4) is 0 Å². The van der Waals surface area contributed by atoms with Crippen LogP contribution >= 0.6 is 11.6 Å². The summed E-state index contributed by atoms with van der Waals surface area (Å²) in [6.07, 6.45) is 0. The van der Waals surface area contributed by atoms with Gasteiger partial charge in [0.25, 0.3) is 5.91 Å². The lowest BCUT2D eigenvalue weighted by atomic mass is 10.1. The van der Waals surface area contributed by atoms with Crippen LogP contribution in [0.2, 0.25) is 5.15 Å². The molecule has 3 rings (SSSR count). The molecule has 0 saturated heterocycles. The number of carbonyl (C=O) groups excluding carboxylic acids is 1. The van der Waals surface area contributed by atoms with Crippen molar-refractivity contribution in [3.05, 3.63) is 76.7 Å². The number of halogens is 2. The van der Waals surface area contributed by atoms with Gasteiger partial charge in [-0.15, -0.1) is 0 Å². The van der Waals surface area contributed by atoms with Crippen LogP contribution in [-0.2, 0) is 0 Å². The van der Waals surface area contributed by atoms with Gasteiger partial charge in [-0.05, 0) is 30.7 Å². The lowest BCUT2D eigenvalue weighted by molar-refractivity contribution is 0.0940. The van der Waals surface area contributed by atoms with Gasteiger partial charge in [-0.2, -0.15) is 0 Å². The summed E-state index contributed by atoms with van der Waals surface area (Å²) in [5, 5.41) is 3.61. The van der Waals surface area contributed by atoms with Crippen LogP contribution in [0.15, 0.2) is 54.6 Å². The third-order valence-electron chi connectivity index (χ3n) is 3.62. The summed E-state index contributed by atoms with van der Waals surface area (Å²) in [4.78, 5) is 16.6. The summed E-state index contributed by atoms with van der Waals surface area (Å²) in [5.74, 6) is -0.707. The molecule has 1 atom stereocenters. The van der Waals surface area contributed by atoms with E-state index in [9.17, 15) is 9.18 Å². The summed E-state index contributed by atoms with van der Waals surface area (Å²) in [6.45, 7) is 1.89. The summed E-state index contributed by atoms with van der Waals surface area (Å²) in [6, 6.07) is 15.3. The molecule has 1 amide bonds. The van der Waals surface area contributed by atoms with E-state index >= 15 is 0 Å². The molecular formula is C18H14ClFN2O. The Hall–Kier alpha value is -2.46. The van der Waals surface area contributed by atoms with Gasteiger partial charge in [0.05, 0.1) is 17.1 Å². The first-order valence-corrected chi connectivity index (χ1v) is 7.54. The predicted octanol–water partition coefficient (Wildman–Crippen LogP) is 4.52. The molecule has 0 saturated carbocycles. The quantitative estimate of drug-likeness (QED) is 0.718. The summed E-state index contributed by atoms with van der Waals surface area (Å²) < 4.78 is 13.2. The summed E-state index contributed by atoms with van der Waals surface area (Å²) >= 11 is 6.09. The number of aromatic nitrogens is 1. The topological polar surface area (TPSA) is 42.0 Å². The van der Waals surface area contributed by atoms with Crippen LogP contribution in [0.4, 0.5) is 4.39 Å². The van der Waals surface area contributed by atoms with Gasteiger partial charge in [-0.3, -0.25) is 4.79 Å². The van der Waals surface area contributed by atoms with Crippen molar-refractivity contribution in [2.24, 2.45) is 0 Å². The second kappa shape index (κ2) is 6.34. The number of hydrogen-bond donors (Lipinski definition) is 1. The first kappa shape index (κ1) is 15.4. The minimum Gasteiger partial charge on any atom is -0.345 e. The Labute approximate surface area is 138 Å². The van der Waals surface area contributed by atoms with Crippen molar-refractivity contribution in [1.82, 2.24) is 10.3 Å². The SMILES string of the molecule is CC(NC(=O)c1cc2ccc(F)cc2nc1Cl)c1ccccc1. The molecule has 5 heteroatoms. The van der Waals surface area contributed by atoms with E-state index < -0.39 is 5.82 Å². The van der Waals surface area contributed by atoms with Crippen molar-refractivity contribution in [1.29, 1.82) is 0 Å². The normalized spacial score (nSPS) is 12.1. The Bertz CT molecular complexity index is 868. The number of carbonyl (C=O) groups is 1. The van der Waals surface area contributed by atoms with E-state index in [-0.39, 0.29) is 22.7 Å². The number of pyridine rings is 1. The van der Waals surface area contributed by atoms with Gasteiger partial charge < -0.3 is 5.32 Å². The van der Waals surface area contributed by atoms with Crippen molar-refractivity contribution >= 4 is 28.4 Å². The van der Waals surface area contributed by atoms with Crippen LogP contribution in [0, 0.1) is 5.82 Å². The Morgan fingerprint density at radius 1 is 1.17 bits per heavy atom. The molecule has 0 radical (unpaired) electrons. The highest BCUT2D eigenvalue weighted by atomic mass is 35.5. The molecule has 23 heavy (non-hydrogen) atoms. The number of benzene rings is 2. The number of nitrogens with zero attached hydrogens (tertiary/aromatic N) is 1. The highest BCUT2D eigenvalue weighted by molar-refractivity contribution is 6.33. The average molecular weight is 329 g/mol. The number of rotatable bonds is 3. The maximum absolute atomic E-state index is 13.2. The molecule has 0 spiro atoms. The number of nitrogens with one attached hydrogen (secondary N) is 1. The van der Waals surface area contributed by atoms with Gasteiger partial charge in [0, 0.05) is 11.5 Å². The van der Waals surface area contributed by atoms with Gasteiger partial charge >= 0.3 is 0 Å². The summed E-state index contributed by atoms with van der Waals surface area (Å²) in [5.41, 5.74) is 1.68. The molecule has 1 aromatic heterocycles. The standard InChI is InChI=1S/C18H14ClFN2O/c1-11(12-5-3-2-4-6-12)21-18(23)15-9-13-7-8-14(20)10-16(13)22-17(15)19/h2-11H,1H3,(H,21,23). The maximum Gasteiger partial charge on any atom is 0.254 e. The molecule has 3 aromatic rings. The molecule has 0 aliphatic carbocycles. The monoisotopic (exact) mass is 328 g/mol. The van der Waals surface area contributed by atoms with E-state index in [0.717, 1.165) is 5.56 Å². The van der Waals surface area contributed by atoms with Gasteiger partial charge in [0.1, 0.15) is 11.0 Å². The second-order valence-electron chi connectivity index (χ2n) is 5.27. The molecule has 0 aliphatic heterocycles. The molecule has 116 valence electrons. The fourth-order valence-corrected chi connectivity index (χ4v) is 2.61. The second-order valence-corrected chi connectivity index (χ2v) is 5.63. The zero-order valence-electron chi connectivity index (χ0n) is 12.4. The van der Waals surface area contributed by atoms with Gasteiger partial charge in [-0.25, -0.2) is 9.37 Å². The van der Waals surface area contributed by atoms with Crippen LogP contribution in [0.5, 0.6) is 0 Å². The highest BCUT2D eigenvalue weighted by Crippen LogP contribution is 2.22. The first-order chi connectivity index (χ1) is 11.0. The fraction of sp³-hybridized carbons (Fsp3) is 0.111. The van der Waals surface area contributed by atoms with Crippen LogP contribution in [0.1, 0.15) is 28.9 Å². The van der Waals surface area contributed by atoms with Crippen molar-refractivity contribution in [3.8, 4) is 0 Å². The maximum atomic E-state index is 13.2. The van der Waals surface area contributed by atoms with Gasteiger partial charge in [0.2, 0.25) is 0 Å². The molecule has 3 nitrogen and oxygen atoms in total. The lowest BCUT2D eigenvalue weighted by Crippen LogP contribution is -2.27. The third-order valence-corrected chi connectivity index (χ3v) is 3.91. The minimum absolute atomic E-state index is 0.0564. The van der Waals surface area contributed by atoms with Crippen molar-refractivity contribution < 1.29 is 9.18 Å². The zero-order chi connectivity index (χ0) is 16.4. The van der Waals surface area contributed by atoms with Crippen molar-refractivity contribution in [3.63, 3.8) is 0 Å². The third kappa shape index (κ3) is 3.32. The molecule has 1 unspecified atom stereocenters. The molecule has 0 fully saturated rings. The van der Waals surface area contributed by atoms with Crippen molar-refractivity contribution in [2.75, 3.05) is 0 Å². The van der Waals surface area contributed by atoms with E-state index in [1.165, 1.54) is 12.1 Å². The molecule has 1 N–H and O–H groups in total. The Kier molecular flexibility index (Phi) is 4.26. The average Bonchev–Trinajstić information content (AvgIpc) is 2.54. The van der Waals surface area contributed by atoms with E-state index in [2.05, 4.69) is 10.3 Å².